The molecule has 0 aromatic carbocycles. The lowest BCUT2D eigenvalue weighted by Crippen LogP contribution is -2.37. The van der Waals surface area contributed by atoms with Crippen molar-refractivity contribution in [1.29, 1.82) is 0 Å². The van der Waals surface area contributed by atoms with Crippen LogP contribution in [-0.4, -0.2) is 46.1 Å². The van der Waals surface area contributed by atoms with E-state index in [9.17, 15) is 8.42 Å². The van der Waals surface area contributed by atoms with E-state index >= 15 is 0 Å². The molecule has 0 saturated carbocycles. The van der Waals surface area contributed by atoms with E-state index in [-0.39, 0.29) is 31.0 Å². The molecule has 3 atom stereocenters. The number of nitrogens with one attached hydrogen (secondary N) is 1. The molecule has 0 aliphatic carbocycles. The Labute approximate surface area is 109 Å². The Balaban J connectivity index is 0.00000144. The second kappa shape index (κ2) is 6.33. The van der Waals surface area contributed by atoms with Gasteiger partial charge in [-0.25, -0.2) is 0 Å². The Morgan fingerprint density at radius 3 is 2.76 bits per heavy atom. The molecule has 3 unspecified atom stereocenters. The van der Waals surface area contributed by atoms with Crippen molar-refractivity contribution in [2.75, 3.05) is 26.3 Å². The Hall–Kier alpha value is 0.120. The molecule has 0 spiro atoms. The Bertz CT molecular complexity index is 329. The van der Waals surface area contributed by atoms with Crippen LogP contribution in [0.15, 0.2) is 0 Å². The molecule has 2 aliphatic rings. The lowest BCUT2D eigenvalue weighted by Gasteiger charge is -2.23. The Morgan fingerprint density at radius 2 is 2.18 bits per heavy atom. The van der Waals surface area contributed by atoms with Gasteiger partial charge in [-0.05, 0) is 19.8 Å². The first-order valence-electron chi connectivity index (χ1n) is 5.85. The summed E-state index contributed by atoms with van der Waals surface area (Å²) in [6.45, 7) is 3.84. The second-order valence-corrected chi connectivity index (χ2v) is 6.14. The first kappa shape index (κ1) is 15.2. The highest BCUT2D eigenvalue weighted by molar-refractivity contribution is 7.87. The fraction of sp³-hybridized carbons (Fsp3) is 1.00. The van der Waals surface area contributed by atoms with Gasteiger partial charge in [0.1, 0.15) is 5.25 Å². The van der Waals surface area contributed by atoms with Gasteiger partial charge in [0.2, 0.25) is 0 Å². The van der Waals surface area contributed by atoms with E-state index in [4.69, 9.17) is 8.92 Å². The average Bonchev–Trinajstić information content (AvgIpc) is 2.88. The van der Waals surface area contributed by atoms with E-state index in [1.807, 2.05) is 0 Å². The smallest absolute Gasteiger partial charge is 0.271 e. The van der Waals surface area contributed by atoms with Crippen LogP contribution >= 0.6 is 12.4 Å². The SMILES string of the molecule is CCOS(=O)(=O)C1CNCC1C1CCCO1.Cl. The van der Waals surface area contributed by atoms with E-state index in [1.54, 1.807) is 6.92 Å². The standard InChI is InChI=1S/C10H19NO4S.ClH/c1-2-15-16(12,13)10-7-11-6-8(10)9-4-3-5-14-9;/h8-11H,2-7H2,1H3;1H. The molecule has 0 aromatic heterocycles. The highest BCUT2D eigenvalue weighted by atomic mass is 35.5. The third kappa shape index (κ3) is 3.32. The van der Waals surface area contributed by atoms with Crippen LogP contribution in [0.1, 0.15) is 19.8 Å². The average molecular weight is 286 g/mol. The monoisotopic (exact) mass is 285 g/mol. The van der Waals surface area contributed by atoms with Gasteiger partial charge in [0, 0.05) is 25.6 Å². The Morgan fingerprint density at radius 1 is 1.41 bits per heavy atom. The summed E-state index contributed by atoms with van der Waals surface area (Å²) < 4.78 is 34.2. The van der Waals surface area contributed by atoms with Crippen molar-refractivity contribution in [3.63, 3.8) is 0 Å². The molecule has 2 saturated heterocycles. The highest BCUT2D eigenvalue weighted by Crippen LogP contribution is 2.29. The van der Waals surface area contributed by atoms with Crippen LogP contribution in [0.5, 0.6) is 0 Å². The molecule has 0 bridgehead atoms. The van der Waals surface area contributed by atoms with Crippen LogP contribution in [0.4, 0.5) is 0 Å². The molecule has 0 radical (unpaired) electrons. The van der Waals surface area contributed by atoms with E-state index in [0.29, 0.717) is 13.1 Å². The minimum absolute atomic E-state index is 0. The highest BCUT2D eigenvalue weighted by Gasteiger charge is 2.43. The molecule has 2 rings (SSSR count). The van der Waals surface area contributed by atoms with Crippen LogP contribution in [0.3, 0.4) is 0 Å². The van der Waals surface area contributed by atoms with Crippen molar-refractivity contribution in [2.24, 2.45) is 5.92 Å². The molecule has 0 amide bonds. The third-order valence-electron chi connectivity index (χ3n) is 3.30. The summed E-state index contributed by atoms with van der Waals surface area (Å²) in [6.07, 6.45) is 2.07. The summed E-state index contributed by atoms with van der Waals surface area (Å²) in [4.78, 5) is 0. The molecule has 17 heavy (non-hydrogen) atoms. The molecule has 2 fully saturated rings. The van der Waals surface area contributed by atoms with Gasteiger partial charge in [0.05, 0.1) is 12.7 Å². The van der Waals surface area contributed by atoms with Crippen LogP contribution in [0.25, 0.3) is 0 Å². The molecule has 7 heteroatoms. The maximum absolute atomic E-state index is 11.9. The summed E-state index contributed by atoms with van der Waals surface area (Å²) in [5.74, 6) is 0.0408. The third-order valence-corrected chi connectivity index (χ3v) is 5.12. The second-order valence-electron chi connectivity index (χ2n) is 4.31. The molecule has 102 valence electrons. The summed E-state index contributed by atoms with van der Waals surface area (Å²) in [7, 11) is -3.44. The predicted octanol–water partition coefficient (Wildman–Crippen LogP) is 0.541. The van der Waals surface area contributed by atoms with Crippen molar-refractivity contribution < 1.29 is 17.3 Å². The molecule has 2 heterocycles. The van der Waals surface area contributed by atoms with Gasteiger partial charge in [-0.2, -0.15) is 8.42 Å². The molecular weight excluding hydrogens is 266 g/mol. The maximum atomic E-state index is 11.9. The van der Waals surface area contributed by atoms with Crippen LogP contribution in [0.2, 0.25) is 0 Å². The quantitative estimate of drug-likeness (QED) is 0.764. The summed E-state index contributed by atoms with van der Waals surface area (Å²) >= 11 is 0. The minimum Gasteiger partial charge on any atom is -0.378 e. The molecular formula is C10H20ClNO4S. The van der Waals surface area contributed by atoms with Crippen molar-refractivity contribution >= 4 is 22.5 Å². The van der Waals surface area contributed by atoms with Crippen LogP contribution in [0, 0.1) is 5.92 Å². The van der Waals surface area contributed by atoms with Gasteiger partial charge in [-0.3, -0.25) is 4.18 Å². The Kier molecular flexibility index (Phi) is 5.66. The van der Waals surface area contributed by atoms with E-state index < -0.39 is 15.4 Å². The van der Waals surface area contributed by atoms with Gasteiger partial charge < -0.3 is 10.1 Å². The lowest BCUT2D eigenvalue weighted by atomic mass is 9.99. The fourth-order valence-corrected chi connectivity index (χ4v) is 4.08. The zero-order chi connectivity index (χ0) is 11.6. The zero-order valence-corrected chi connectivity index (χ0v) is 11.6. The van der Waals surface area contributed by atoms with Crippen LogP contribution < -0.4 is 5.32 Å². The first-order valence-corrected chi connectivity index (χ1v) is 7.33. The minimum atomic E-state index is -3.44. The predicted molar refractivity (Wildman–Crippen MR) is 66.9 cm³/mol. The largest absolute Gasteiger partial charge is 0.378 e. The first-order chi connectivity index (χ1) is 7.65. The van der Waals surface area contributed by atoms with Crippen molar-refractivity contribution in [3.05, 3.63) is 0 Å². The summed E-state index contributed by atoms with van der Waals surface area (Å²) in [5, 5.41) is 2.68. The number of hydrogen-bond acceptors (Lipinski definition) is 5. The van der Waals surface area contributed by atoms with Gasteiger partial charge in [0.25, 0.3) is 10.1 Å². The summed E-state index contributed by atoms with van der Waals surface area (Å²) in [5.41, 5.74) is 0. The fourth-order valence-electron chi connectivity index (χ4n) is 2.55. The number of rotatable bonds is 4. The van der Waals surface area contributed by atoms with Crippen LogP contribution in [-0.2, 0) is 19.0 Å². The molecule has 0 aromatic rings. The van der Waals surface area contributed by atoms with E-state index in [0.717, 1.165) is 19.4 Å². The topological polar surface area (TPSA) is 64.6 Å². The zero-order valence-electron chi connectivity index (χ0n) is 9.92. The normalized spacial score (nSPS) is 33.6. The maximum Gasteiger partial charge on any atom is 0.271 e. The van der Waals surface area contributed by atoms with Gasteiger partial charge in [-0.1, -0.05) is 0 Å². The van der Waals surface area contributed by atoms with Gasteiger partial charge in [-0.15, -0.1) is 12.4 Å². The van der Waals surface area contributed by atoms with Crippen molar-refractivity contribution in [2.45, 2.75) is 31.1 Å². The van der Waals surface area contributed by atoms with Gasteiger partial charge >= 0.3 is 0 Å². The molecule has 5 nitrogen and oxygen atoms in total. The number of ether oxygens (including phenoxy) is 1. The molecule has 1 N–H and O–H groups in total. The summed E-state index contributed by atoms with van der Waals surface area (Å²) in [6, 6.07) is 0. The molecule has 2 aliphatic heterocycles. The number of hydrogen-bond donors (Lipinski definition) is 1. The number of halogens is 1. The van der Waals surface area contributed by atoms with Crippen molar-refractivity contribution in [3.8, 4) is 0 Å². The lowest BCUT2D eigenvalue weighted by molar-refractivity contribution is 0.0697. The van der Waals surface area contributed by atoms with Crippen molar-refractivity contribution in [1.82, 2.24) is 5.32 Å². The van der Waals surface area contributed by atoms with E-state index in [2.05, 4.69) is 5.32 Å². The van der Waals surface area contributed by atoms with E-state index in [1.165, 1.54) is 0 Å². The van der Waals surface area contributed by atoms with Gasteiger partial charge in [0.15, 0.2) is 0 Å².